The van der Waals surface area contributed by atoms with Crippen LogP contribution in [0, 0.1) is 17.7 Å². The monoisotopic (exact) mass is 442 g/mol. The molecule has 0 aliphatic carbocycles. The maximum atomic E-state index is 13.2. The molecule has 172 valence electrons. The molecule has 0 bridgehead atoms. The van der Waals surface area contributed by atoms with E-state index in [0.29, 0.717) is 26.1 Å². The third-order valence-corrected chi connectivity index (χ3v) is 6.00. The van der Waals surface area contributed by atoms with Crippen LogP contribution in [0.1, 0.15) is 27.2 Å². The maximum absolute atomic E-state index is 13.2. The molecule has 0 unspecified atom stereocenters. The second kappa shape index (κ2) is 10.1. The third kappa shape index (κ3) is 5.46. The summed E-state index contributed by atoms with van der Waals surface area (Å²) in [6, 6.07) is 14.3. The number of carbonyl (C=O) groups is 2. The lowest BCUT2D eigenvalue weighted by molar-refractivity contribution is -0.158. The van der Waals surface area contributed by atoms with Gasteiger partial charge in [0.05, 0.1) is 5.92 Å². The van der Waals surface area contributed by atoms with Crippen molar-refractivity contribution in [1.82, 2.24) is 4.90 Å². The van der Waals surface area contributed by atoms with Gasteiger partial charge in [0.15, 0.2) is 6.10 Å². The Bertz CT molecular complexity index is 930. The van der Waals surface area contributed by atoms with Crippen molar-refractivity contribution in [2.75, 3.05) is 24.5 Å². The van der Waals surface area contributed by atoms with Crippen LogP contribution in [0.25, 0.3) is 11.1 Å². The van der Waals surface area contributed by atoms with E-state index in [9.17, 15) is 24.2 Å². The van der Waals surface area contributed by atoms with Crippen LogP contribution >= 0.6 is 0 Å². The molecule has 2 N–H and O–H groups in total. The van der Waals surface area contributed by atoms with Gasteiger partial charge in [-0.15, -0.1) is 0 Å². The number of anilines is 1. The molecule has 2 aromatic carbocycles. The fourth-order valence-corrected chi connectivity index (χ4v) is 4.28. The smallest absolute Gasteiger partial charge is 0.333 e. The normalized spacial score (nSPS) is 18.5. The molecule has 1 heterocycles. The molecule has 0 aromatic heterocycles. The number of aliphatic hydroxyl groups excluding tert-OH is 1. The number of aliphatic carboxylic acids is 1. The predicted octanol–water partition coefficient (Wildman–Crippen LogP) is 3.64. The van der Waals surface area contributed by atoms with Gasteiger partial charge in [-0.1, -0.05) is 38.1 Å². The van der Waals surface area contributed by atoms with Crippen LogP contribution in [-0.4, -0.2) is 58.8 Å². The van der Waals surface area contributed by atoms with Gasteiger partial charge in [-0.05, 0) is 54.7 Å². The molecule has 1 saturated heterocycles. The topological polar surface area (TPSA) is 81.1 Å². The quantitative estimate of drug-likeness (QED) is 0.684. The van der Waals surface area contributed by atoms with Crippen molar-refractivity contribution in [3.8, 4) is 11.1 Å². The summed E-state index contributed by atoms with van der Waals surface area (Å²) in [6.07, 6.45) is -1.38. The average molecular weight is 443 g/mol. The van der Waals surface area contributed by atoms with Crippen molar-refractivity contribution >= 4 is 17.6 Å². The highest BCUT2D eigenvalue weighted by molar-refractivity contribution is 5.86. The number of carbonyl (C=O) groups excluding carboxylic acids is 1. The van der Waals surface area contributed by atoms with Gasteiger partial charge < -0.3 is 20.0 Å². The van der Waals surface area contributed by atoms with Crippen LogP contribution in [0.3, 0.4) is 0 Å². The Hall–Kier alpha value is -2.93. The summed E-state index contributed by atoms with van der Waals surface area (Å²) in [5, 5.41) is 19.3. The highest BCUT2D eigenvalue weighted by atomic mass is 19.1. The number of nitrogens with zero attached hydrogens (tertiary/aromatic N) is 2. The molecule has 2 aromatic rings. The number of carboxylic acids is 1. The minimum atomic E-state index is -1.70. The molecule has 1 aliphatic rings. The molecule has 6 nitrogen and oxygen atoms in total. The van der Waals surface area contributed by atoms with E-state index in [1.807, 2.05) is 45.0 Å². The SMILES string of the molecule is CC(C)C[C@H](C(=O)N1CCN(c2ccc(-c3ccc(F)cc3)cc2)C[C@H]1C)[C@H](O)C(=O)O. The second-order valence-corrected chi connectivity index (χ2v) is 8.90. The average Bonchev–Trinajstić information content (AvgIpc) is 2.77. The summed E-state index contributed by atoms with van der Waals surface area (Å²) in [4.78, 5) is 28.3. The second-order valence-electron chi connectivity index (χ2n) is 8.90. The van der Waals surface area contributed by atoms with Gasteiger partial charge >= 0.3 is 5.97 Å². The van der Waals surface area contributed by atoms with Crippen LogP contribution in [0.4, 0.5) is 10.1 Å². The Labute approximate surface area is 188 Å². The molecule has 0 saturated carbocycles. The van der Waals surface area contributed by atoms with Crippen molar-refractivity contribution in [3.05, 3.63) is 54.3 Å². The van der Waals surface area contributed by atoms with Crippen LogP contribution in [0.5, 0.6) is 0 Å². The zero-order chi connectivity index (χ0) is 23.4. The first-order valence-electron chi connectivity index (χ1n) is 11.0. The van der Waals surface area contributed by atoms with Crippen molar-refractivity contribution in [2.24, 2.45) is 11.8 Å². The first-order valence-corrected chi connectivity index (χ1v) is 11.0. The predicted molar refractivity (Wildman–Crippen MR) is 122 cm³/mol. The molecule has 0 radical (unpaired) electrons. The van der Waals surface area contributed by atoms with E-state index in [4.69, 9.17) is 0 Å². The standard InChI is InChI=1S/C25H31FN2O4/c1-16(2)14-22(23(29)25(31)32)24(30)28-13-12-27(15-17(28)3)21-10-6-19(7-11-21)18-4-8-20(26)9-5-18/h4-11,16-17,22-23,29H,12-15H2,1-3H3,(H,31,32)/t17-,22+,23+/m1/s1. The van der Waals surface area contributed by atoms with E-state index in [0.717, 1.165) is 16.8 Å². The lowest BCUT2D eigenvalue weighted by atomic mass is 9.90. The van der Waals surface area contributed by atoms with Crippen molar-refractivity contribution < 1.29 is 24.2 Å². The van der Waals surface area contributed by atoms with Crippen molar-refractivity contribution in [2.45, 2.75) is 39.3 Å². The number of hydrogen-bond acceptors (Lipinski definition) is 4. The Kier molecular flexibility index (Phi) is 7.51. The molecule has 7 heteroatoms. The van der Waals surface area contributed by atoms with Gasteiger partial charge in [0, 0.05) is 31.4 Å². The molecule has 32 heavy (non-hydrogen) atoms. The number of rotatable bonds is 7. The van der Waals surface area contributed by atoms with Crippen LogP contribution in [-0.2, 0) is 9.59 Å². The maximum Gasteiger partial charge on any atom is 0.333 e. The molecular formula is C25H31FN2O4. The van der Waals surface area contributed by atoms with Gasteiger partial charge in [0.25, 0.3) is 0 Å². The van der Waals surface area contributed by atoms with Crippen LogP contribution < -0.4 is 4.90 Å². The molecule has 3 atom stereocenters. The first kappa shape index (κ1) is 23.7. The zero-order valence-corrected chi connectivity index (χ0v) is 18.7. The van der Waals surface area contributed by atoms with E-state index < -0.39 is 18.0 Å². The minimum absolute atomic E-state index is 0.0918. The van der Waals surface area contributed by atoms with Gasteiger partial charge in [-0.3, -0.25) is 4.79 Å². The molecule has 1 amide bonds. The fourth-order valence-electron chi connectivity index (χ4n) is 4.28. The summed E-state index contributed by atoms with van der Waals surface area (Å²) >= 11 is 0. The summed E-state index contributed by atoms with van der Waals surface area (Å²) in [5.41, 5.74) is 2.96. The number of benzene rings is 2. The highest BCUT2D eigenvalue weighted by Gasteiger charge is 2.38. The van der Waals surface area contributed by atoms with Crippen LogP contribution in [0.2, 0.25) is 0 Å². The lowest BCUT2D eigenvalue weighted by Gasteiger charge is -2.42. The third-order valence-electron chi connectivity index (χ3n) is 6.00. The Morgan fingerprint density at radius 3 is 2.09 bits per heavy atom. The Morgan fingerprint density at radius 2 is 1.59 bits per heavy atom. The zero-order valence-electron chi connectivity index (χ0n) is 18.7. The van der Waals surface area contributed by atoms with Crippen LogP contribution in [0.15, 0.2) is 48.5 Å². The van der Waals surface area contributed by atoms with E-state index >= 15 is 0 Å². The number of aliphatic hydroxyl groups is 1. The molecule has 1 fully saturated rings. The Balaban J connectivity index is 1.68. The molecule has 3 rings (SSSR count). The van der Waals surface area contributed by atoms with E-state index in [2.05, 4.69) is 4.90 Å². The summed E-state index contributed by atoms with van der Waals surface area (Å²) < 4.78 is 13.2. The minimum Gasteiger partial charge on any atom is -0.479 e. The summed E-state index contributed by atoms with van der Waals surface area (Å²) in [5.74, 6) is -2.78. The highest BCUT2D eigenvalue weighted by Crippen LogP contribution is 2.27. The summed E-state index contributed by atoms with van der Waals surface area (Å²) in [6.45, 7) is 7.44. The molecule has 0 spiro atoms. The largest absolute Gasteiger partial charge is 0.479 e. The first-order chi connectivity index (χ1) is 15.2. The van der Waals surface area contributed by atoms with Gasteiger partial charge in [0.2, 0.25) is 5.91 Å². The summed E-state index contributed by atoms with van der Waals surface area (Å²) in [7, 11) is 0. The Morgan fingerprint density at radius 1 is 1.03 bits per heavy atom. The van der Waals surface area contributed by atoms with E-state index in [-0.39, 0.29) is 23.7 Å². The lowest BCUT2D eigenvalue weighted by Crippen LogP contribution is -2.57. The van der Waals surface area contributed by atoms with Gasteiger partial charge in [0.1, 0.15) is 5.82 Å². The molecule has 1 aliphatic heterocycles. The van der Waals surface area contributed by atoms with Crippen molar-refractivity contribution in [1.29, 1.82) is 0 Å². The number of carboxylic acid groups (broad SMARTS) is 1. The van der Waals surface area contributed by atoms with Crippen molar-refractivity contribution in [3.63, 3.8) is 0 Å². The van der Waals surface area contributed by atoms with E-state index in [1.54, 1.807) is 17.0 Å². The fraction of sp³-hybridized carbons (Fsp3) is 0.440. The number of halogens is 1. The number of amides is 1. The van der Waals surface area contributed by atoms with Gasteiger partial charge in [-0.25, -0.2) is 9.18 Å². The molecular weight excluding hydrogens is 411 g/mol. The number of hydrogen-bond donors (Lipinski definition) is 2. The van der Waals surface area contributed by atoms with Gasteiger partial charge in [-0.2, -0.15) is 0 Å². The number of piperazine rings is 1. The van der Waals surface area contributed by atoms with E-state index in [1.165, 1.54) is 12.1 Å².